The Kier molecular flexibility index (Phi) is 5.88. The van der Waals surface area contributed by atoms with E-state index in [1.807, 2.05) is 0 Å². The summed E-state index contributed by atoms with van der Waals surface area (Å²) in [5.74, 6) is -0.0386. The van der Waals surface area contributed by atoms with Crippen molar-refractivity contribution in [3.05, 3.63) is 29.8 Å². The van der Waals surface area contributed by atoms with Gasteiger partial charge in [0.25, 0.3) is 6.36 Å². The van der Waals surface area contributed by atoms with Gasteiger partial charge >= 0.3 is 6.43 Å². The SMILES string of the molecule is CC(C)(C)[S@@+]([O-])N=Cc1cccc(OC(F)C(F)F)c1. The van der Waals surface area contributed by atoms with Crippen molar-refractivity contribution in [1.29, 1.82) is 0 Å². The summed E-state index contributed by atoms with van der Waals surface area (Å²) in [5.41, 5.74) is 0.488. The molecule has 0 aliphatic rings. The lowest BCUT2D eigenvalue weighted by molar-refractivity contribution is -0.0668. The smallest absolute Gasteiger partial charge is 0.304 e. The van der Waals surface area contributed by atoms with Gasteiger partial charge in [-0.15, -0.1) is 0 Å². The van der Waals surface area contributed by atoms with E-state index in [2.05, 4.69) is 9.13 Å². The molecule has 0 saturated carbocycles. The van der Waals surface area contributed by atoms with Crippen LogP contribution < -0.4 is 4.74 Å². The van der Waals surface area contributed by atoms with Gasteiger partial charge < -0.3 is 9.29 Å². The molecule has 7 heteroatoms. The number of rotatable bonds is 5. The molecule has 0 aliphatic carbocycles. The summed E-state index contributed by atoms with van der Waals surface area (Å²) in [6.07, 6.45) is -4.55. The van der Waals surface area contributed by atoms with E-state index in [-0.39, 0.29) is 5.75 Å². The molecular weight excluding hydrogens is 291 g/mol. The molecule has 0 heterocycles. The Morgan fingerprint density at radius 3 is 2.50 bits per heavy atom. The zero-order chi connectivity index (χ0) is 15.3. The van der Waals surface area contributed by atoms with E-state index in [1.165, 1.54) is 24.4 Å². The highest BCUT2D eigenvalue weighted by atomic mass is 32.2. The van der Waals surface area contributed by atoms with Gasteiger partial charge in [0.15, 0.2) is 0 Å². The number of nitrogens with zero attached hydrogens (tertiary/aromatic N) is 1. The summed E-state index contributed by atoms with van der Waals surface area (Å²) in [5, 5.41) is 0. The molecule has 0 aliphatic heterocycles. The fourth-order valence-electron chi connectivity index (χ4n) is 1.12. The topological polar surface area (TPSA) is 44.7 Å². The van der Waals surface area contributed by atoms with Crippen LogP contribution in [0.3, 0.4) is 0 Å². The molecule has 0 fully saturated rings. The summed E-state index contributed by atoms with van der Waals surface area (Å²) >= 11 is -1.43. The molecule has 0 aromatic heterocycles. The van der Waals surface area contributed by atoms with Gasteiger partial charge in [-0.2, -0.15) is 4.39 Å². The molecule has 0 bridgehead atoms. The normalized spacial score (nSPS) is 15.6. The van der Waals surface area contributed by atoms with E-state index in [1.54, 1.807) is 26.8 Å². The number of alkyl halides is 3. The van der Waals surface area contributed by atoms with Crippen LogP contribution in [0.15, 0.2) is 28.7 Å². The number of ether oxygens (including phenoxy) is 1. The molecule has 0 radical (unpaired) electrons. The summed E-state index contributed by atoms with van der Waals surface area (Å²) < 4.78 is 56.3. The molecule has 0 spiro atoms. The van der Waals surface area contributed by atoms with Gasteiger partial charge in [0.1, 0.15) is 21.9 Å². The quantitative estimate of drug-likeness (QED) is 0.617. The van der Waals surface area contributed by atoms with Crippen LogP contribution in [-0.2, 0) is 11.4 Å². The predicted molar refractivity (Wildman–Crippen MR) is 73.5 cm³/mol. The lowest BCUT2D eigenvalue weighted by atomic mass is 10.2. The number of hydrogen-bond acceptors (Lipinski definition) is 3. The zero-order valence-corrected chi connectivity index (χ0v) is 12.2. The van der Waals surface area contributed by atoms with E-state index in [0.29, 0.717) is 5.56 Å². The minimum atomic E-state index is -3.21. The second-order valence-corrected chi connectivity index (χ2v) is 6.91. The van der Waals surface area contributed by atoms with Crippen LogP contribution in [-0.4, -0.2) is 28.3 Å². The van der Waals surface area contributed by atoms with Crippen molar-refractivity contribution in [2.45, 2.75) is 38.3 Å². The summed E-state index contributed by atoms with van der Waals surface area (Å²) in [4.78, 5) is 0. The first kappa shape index (κ1) is 16.8. The van der Waals surface area contributed by atoms with Gasteiger partial charge in [-0.3, -0.25) is 0 Å². The third-order valence-electron chi connectivity index (χ3n) is 2.13. The first-order valence-electron chi connectivity index (χ1n) is 5.85. The minimum absolute atomic E-state index is 0.0386. The van der Waals surface area contributed by atoms with Gasteiger partial charge in [-0.1, -0.05) is 16.5 Å². The van der Waals surface area contributed by atoms with Gasteiger partial charge in [-0.05, 0) is 32.9 Å². The zero-order valence-electron chi connectivity index (χ0n) is 11.3. The Bertz CT molecular complexity index is 463. The highest BCUT2D eigenvalue weighted by Gasteiger charge is 2.25. The van der Waals surface area contributed by atoms with Crippen LogP contribution in [0, 0.1) is 0 Å². The van der Waals surface area contributed by atoms with Crippen LogP contribution in [0.4, 0.5) is 13.2 Å². The summed E-state index contributed by atoms with van der Waals surface area (Å²) in [7, 11) is 0. The van der Waals surface area contributed by atoms with Gasteiger partial charge in [0, 0.05) is 5.56 Å². The Morgan fingerprint density at radius 1 is 1.30 bits per heavy atom. The standard InChI is InChI=1S/C13H16F3NO2S/c1-13(2,3)20(18)17-8-9-5-4-6-10(7-9)19-12(16)11(14)15/h4-8,11-12H,1-3H3/t12?,20-/m1/s1. The van der Waals surface area contributed by atoms with Crippen LogP contribution in [0.25, 0.3) is 0 Å². The molecule has 0 N–H and O–H groups in total. The lowest BCUT2D eigenvalue weighted by Gasteiger charge is -2.17. The largest absolute Gasteiger partial charge is 0.591 e. The maximum absolute atomic E-state index is 12.8. The summed E-state index contributed by atoms with van der Waals surface area (Å²) in [6, 6.07) is 5.83. The number of halogens is 3. The van der Waals surface area contributed by atoms with Crippen LogP contribution >= 0.6 is 0 Å². The molecule has 1 aromatic carbocycles. The Labute approximate surface area is 119 Å². The predicted octanol–water partition coefficient (Wildman–Crippen LogP) is 3.51. The Morgan fingerprint density at radius 2 is 1.95 bits per heavy atom. The van der Waals surface area contributed by atoms with Crippen molar-refractivity contribution in [1.82, 2.24) is 0 Å². The molecule has 0 saturated heterocycles. The van der Waals surface area contributed by atoms with E-state index < -0.39 is 28.9 Å². The molecule has 1 aromatic rings. The van der Waals surface area contributed by atoms with Crippen molar-refractivity contribution in [3.63, 3.8) is 0 Å². The van der Waals surface area contributed by atoms with Gasteiger partial charge in [0.05, 0.1) is 6.21 Å². The van der Waals surface area contributed by atoms with Crippen molar-refractivity contribution in [3.8, 4) is 5.75 Å². The van der Waals surface area contributed by atoms with E-state index in [0.717, 1.165) is 0 Å². The first-order chi connectivity index (χ1) is 9.20. The molecule has 1 unspecified atom stereocenters. The van der Waals surface area contributed by atoms with Crippen molar-refractivity contribution in [2.75, 3.05) is 0 Å². The Hall–Kier alpha value is -1.21. The van der Waals surface area contributed by atoms with Crippen molar-refractivity contribution in [2.24, 2.45) is 4.40 Å². The fraction of sp³-hybridized carbons (Fsp3) is 0.462. The molecule has 112 valence electrons. The molecule has 3 nitrogen and oxygen atoms in total. The van der Waals surface area contributed by atoms with E-state index in [4.69, 9.17) is 0 Å². The van der Waals surface area contributed by atoms with Crippen LogP contribution in [0.2, 0.25) is 0 Å². The van der Waals surface area contributed by atoms with Crippen LogP contribution in [0.5, 0.6) is 5.75 Å². The van der Waals surface area contributed by atoms with E-state index >= 15 is 0 Å². The molecule has 2 atom stereocenters. The third-order valence-corrected chi connectivity index (χ3v) is 3.47. The summed E-state index contributed by atoms with van der Waals surface area (Å²) in [6.45, 7) is 5.32. The van der Waals surface area contributed by atoms with E-state index in [9.17, 15) is 17.7 Å². The van der Waals surface area contributed by atoms with Gasteiger partial charge in [0.2, 0.25) is 0 Å². The average molecular weight is 307 g/mol. The molecule has 20 heavy (non-hydrogen) atoms. The number of benzene rings is 1. The van der Waals surface area contributed by atoms with Gasteiger partial charge in [-0.25, -0.2) is 8.78 Å². The Balaban J connectivity index is 2.76. The fourth-order valence-corrected chi connectivity index (χ4v) is 1.65. The molecule has 1 rings (SSSR count). The lowest BCUT2D eigenvalue weighted by Crippen LogP contribution is -2.25. The highest BCUT2D eigenvalue weighted by Crippen LogP contribution is 2.19. The second kappa shape index (κ2) is 6.99. The second-order valence-electron chi connectivity index (χ2n) is 4.97. The molecular formula is C13H16F3NO2S. The average Bonchev–Trinajstić information content (AvgIpc) is 2.35. The maximum Gasteiger partial charge on any atom is 0.304 e. The number of hydrogen-bond donors (Lipinski definition) is 0. The highest BCUT2D eigenvalue weighted by molar-refractivity contribution is 7.91. The van der Waals surface area contributed by atoms with Crippen molar-refractivity contribution < 1.29 is 22.5 Å². The maximum atomic E-state index is 12.8. The first-order valence-corrected chi connectivity index (χ1v) is 6.96. The van der Waals surface area contributed by atoms with Crippen molar-refractivity contribution >= 4 is 17.6 Å². The monoisotopic (exact) mass is 307 g/mol. The van der Waals surface area contributed by atoms with Crippen LogP contribution in [0.1, 0.15) is 26.3 Å². The third kappa shape index (κ3) is 5.42. The minimum Gasteiger partial charge on any atom is -0.591 e. The molecule has 0 amide bonds.